The zero-order valence-corrected chi connectivity index (χ0v) is 23.7. The number of aliphatic imine (C=N–C) groups is 1. The Morgan fingerprint density at radius 2 is 1.93 bits per heavy atom. The van der Waals surface area contributed by atoms with E-state index in [0.29, 0.717) is 31.0 Å². The maximum atomic E-state index is 13.1. The molecule has 0 spiro atoms. The van der Waals surface area contributed by atoms with Gasteiger partial charge in [-0.1, -0.05) is 63.5 Å². The lowest BCUT2D eigenvalue weighted by atomic mass is 9.95. The van der Waals surface area contributed by atoms with Crippen LogP contribution in [0.4, 0.5) is 5.69 Å². The van der Waals surface area contributed by atoms with Crippen LogP contribution in [0.3, 0.4) is 0 Å². The van der Waals surface area contributed by atoms with E-state index in [-0.39, 0.29) is 27.3 Å². The maximum absolute atomic E-state index is 13.1. The van der Waals surface area contributed by atoms with Gasteiger partial charge in [-0.25, -0.2) is 5.06 Å². The van der Waals surface area contributed by atoms with Crippen LogP contribution in [-0.2, 0) is 14.4 Å². The van der Waals surface area contributed by atoms with Crippen LogP contribution < -0.4 is 10.6 Å². The van der Waals surface area contributed by atoms with Crippen molar-refractivity contribution >= 4 is 23.5 Å². The number of pyridine rings is 1. The van der Waals surface area contributed by atoms with Crippen molar-refractivity contribution in [3.05, 3.63) is 61.5 Å². The standard InChI is InChI=1S/C30H43N7O3.2H2/c1-4-13-25(5-2)29(39)36(3)22-23-40-37(27-14-9-8-10-15-27)28(38)16-11-6-7-12-19-33-30(34-24-31)35-26-17-20-32-21-18-26;;/h4-5,13,17-18,20-21,27H,1-2,6-12,14-16,19,22-23H2,3H3,(H2,32,33,34,35);2*1H/b25-13+;;. The molecule has 2 amide bonds. The highest BCUT2D eigenvalue weighted by Gasteiger charge is 2.26. The molecule has 1 saturated carbocycles. The number of hydroxylamine groups is 2. The summed E-state index contributed by atoms with van der Waals surface area (Å²) in [7, 11) is 1.71. The highest BCUT2D eigenvalue weighted by molar-refractivity contribution is 5.96. The van der Waals surface area contributed by atoms with Crippen molar-refractivity contribution in [3.63, 3.8) is 0 Å². The molecule has 0 atom stereocenters. The molecule has 2 rings (SSSR count). The zero-order chi connectivity index (χ0) is 29.0. The molecule has 1 aliphatic rings. The topological polar surface area (TPSA) is 123 Å². The van der Waals surface area contributed by atoms with Crippen LogP contribution in [0.2, 0.25) is 0 Å². The van der Waals surface area contributed by atoms with E-state index < -0.39 is 0 Å². The van der Waals surface area contributed by atoms with Crippen LogP contribution >= 0.6 is 0 Å². The Morgan fingerprint density at radius 3 is 2.60 bits per heavy atom. The number of carbonyl (C=O) groups excluding carboxylic acids is 2. The van der Waals surface area contributed by atoms with Crippen molar-refractivity contribution in [1.29, 1.82) is 5.26 Å². The van der Waals surface area contributed by atoms with Gasteiger partial charge in [0.05, 0.1) is 12.6 Å². The molecule has 1 aliphatic carbocycles. The number of nitriles is 1. The number of anilines is 1. The number of hydrogen-bond donors (Lipinski definition) is 2. The molecule has 2 N–H and O–H groups in total. The Balaban J connectivity index is 0.00000840. The minimum absolute atomic E-state index is 0. The second kappa shape index (κ2) is 19.1. The molecule has 0 aromatic carbocycles. The number of amides is 2. The number of nitrogens with one attached hydrogen (secondary N) is 2. The van der Waals surface area contributed by atoms with Crippen LogP contribution in [0.25, 0.3) is 0 Å². The van der Waals surface area contributed by atoms with Gasteiger partial charge in [-0.2, -0.15) is 5.26 Å². The van der Waals surface area contributed by atoms with Gasteiger partial charge in [0.1, 0.15) is 0 Å². The number of hydrogen-bond acceptors (Lipinski definition) is 6. The summed E-state index contributed by atoms with van der Waals surface area (Å²) in [4.78, 5) is 41.6. The molecular weight excluding hydrogens is 506 g/mol. The minimum Gasteiger partial charge on any atom is -0.339 e. The lowest BCUT2D eigenvalue weighted by molar-refractivity contribution is -0.205. The predicted octanol–water partition coefficient (Wildman–Crippen LogP) is 5.21. The van der Waals surface area contributed by atoms with Gasteiger partial charge in [0.25, 0.3) is 5.91 Å². The molecule has 0 aliphatic heterocycles. The van der Waals surface area contributed by atoms with E-state index in [4.69, 9.17) is 10.1 Å². The van der Waals surface area contributed by atoms with Gasteiger partial charge in [0.15, 0.2) is 6.19 Å². The molecule has 10 nitrogen and oxygen atoms in total. The van der Waals surface area contributed by atoms with Crippen LogP contribution in [0, 0.1) is 11.5 Å². The average Bonchev–Trinajstić information content (AvgIpc) is 2.98. The normalized spacial score (nSPS) is 14.1. The summed E-state index contributed by atoms with van der Waals surface area (Å²) in [6.07, 6.45) is 19.0. The Kier molecular flexibility index (Phi) is 15.4. The fourth-order valence-electron chi connectivity index (χ4n) is 4.43. The number of allylic oxidation sites excluding steroid dienone is 2. The number of unbranched alkanes of at least 4 members (excludes halogenated alkanes) is 3. The molecule has 220 valence electrons. The highest BCUT2D eigenvalue weighted by Crippen LogP contribution is 2.24. The van der Waals surface area contributed by atoms with Gasteiger partial charge < -0.3 is 10.2 Å². The van der Waals surface area contributed by atoms with Crippen molar-refractivity contribution < 1.29 is 17.3 Å². The smallest absolute Gasteiger partial charge is 0.253 e. The van der Waals surface area contributed by atoms with Gasteiger partial charge in [-0.3, -0.25) is 29.7 Å². The first-order valence-corrected chi connectivity index (χ1v) is 14.0. The van der Waals surface area contributed by atoms with E-state index in [1.807, 2.05) is 6.19 Å². The van der Waals surface area contributed by atoms with Gasteiger partial charge in [-0.15, -0.1) is 0 Å². The van der Waals surface area contributed by atoms with Crippen LogP contribution in [0.5, 0.6) is 0 Å². The Labute approximate surface area is 241 Å². The molecule has 1 aromatic heterocycles. The molecule has 0 radical (unpaired) electrons. The van der Waals surface area contributed by atoms with E-state index in [9.17, 15) is 9.59 Å². The summed E-state index contributed by atoms with van der Waals surface area (Å²) in [6, 6.07) is 3.67. The van der Waals surface area contributed by atoms with E-state index >= 15 is 0 Å². The van der Waals surface area contributed by atoms with E-state index in [1.54, 1.807) is 53.7 Å². The van der Waals surface area contributed by atoms with Crippen molar-refractivity contribution in [3.8, 4) is 6.19 Å². The van der Waals surface area contributed by atoms with Crippen molar-refractivity contribution in [1.82, 2.24) is 20.3 Å². The fraction of sp³-hybridized carbons (Fsp3) is 0.500. The van der Waals surface area contributed by atoms with Crippen molar-refractivity contribution in [2.24, 2.45) is 4.99 Å². The summed E-state index contributed by atoms with van der Waals surface area (Å²) < 4.78 is 0. The Morgan fingerprint density at radius 1 is 1.20 bits per heavy atom. The summed E-state index contributed by atoms with van der Waals surface area (Å²) in [5.74, 6) is 0.232. The number of aromatic nitrogens is 1. The molecule has 40 heavy (non-hydrogen) atoms. The maximum Gasteiger partial charge on any atom is 0.253 e. The molecule has 10 heteroatoms. The summed E-state index contributed by atoms with van der Waals surface area (Å²) in [6.45, 7) is 8.48. The lowest BCUT2D eigenvalue weighted by Gasteiger charge is -2.33. The van der Waals surface area contributed by atoms with E-state index in [1.165, 1.54) is 12.5 Å². The van der Waals surface area contributed by atoms with Gasteiger partial charge in [0, 0.05) is 53.1 Å². The third-order valence-electron chi connectivity index (χ3n) is 6.61. The number of carbonyl (C=O) groups is 2. The fourth-order valence-corrected chi connectivity index (χ4v) is 4.43. The minimum atomic E-state index is -0.165. The van der Waals surface area contributed by atoms with Crippen LogP contribution in [-0.4, -0.2) is 65.5 Å². The molecule has 1 heterocycles. The molecule has 1 aromatic rings. The van der Waals surface area contributed by atoms with Crippen molar-refractivity contribution in [2.75, 3.05) is 32.1 Å². The second-order valence-electron chi connectivity index (χ2n) is 9.63. The predicted molar refractivity (Wildman–Crippen MR) is 162 cm³/mol. The van der Waals surface area contributed by atoms with Gasteiger partial charge in [-0.05, 0) is 37.8 Å². The number of likely N-dealkylation sites (N-methyl/N-ethyl adjacent to an activating group) is 1. The third kappa shape index (κ3) is 11.8. The molecule has 0 bridgehead atoms. The third-order valence-corrected chi connectivity index (χ3v) is 6.61. The summed E-state index contributed by atoms with van der Waals surface area (Å²) in [5.41, 5.74) is 1.26. The molecule has 1 fully saturated rings. The van der Waals surface area contributed by atoms with E-state index in [2.05, 4.69) is 33.8 Å². The van der Waals surface area contributed by atoms with Gasteiger partial charge in [0.2, 0.25) is 11.9 Å². The molecular formula is C30H47N7O3. The second-order valence-corrected chi connectivity index (χ2v) is 9.63. The largest absolute Gasteiger partial charge is 0.339 e. The lowest BCUT2D eigenvalue weighted by Crippen LogP contribution is -2.43. The summed E-state index contributed by atoms with van der Waals surface area (Å²) >= 11 is 0. The monoisotopic (exact) mass is 553 g/mol. The molecule has 0 saturated heterocycles. The number of guanidine groups is 1. The average molecular weight is 554 g/mol. The SMILES string of the molecule is C=C/C=C(\C=C)C(=O)N(C)CCON(C(=O)CCCCCCN=C(NC#N)Nc1ccncc1)C1CCCCC1.[HH].[HH]. The summed E-state index contributed by atoms with van der Waals surface area (Å²) in [5, 5.41) is 16.2. The molecule has 0 unspecified atom stereocenters. The Hall–Kier alpha value is -3.97. The van der Waals surface area contributed by atoms with Crippen molar-refractivity contribution in [2.45, 2.75) is 70.3 Å². The van der Waals surface area contributed by atoms with E-state index in [0.717, 1.165) is 57.1 Å². The van der Waals surface area contributed by atoms with Crippen LogP contribution in [0.1, 0.15) is 67.1 Å². The first kappa shape index (κ1) is 32.2. The number of rotatable bonds is 16. The Bertz CT molecular complexity index is 1050. The first-order chi connectivity index (χ1) is 19.5. The zero-order valence-electron chi connectivity index (χ0n) is 23.7. The van der Waals surface area contributed by atoms with Crippen LogP contribution in [0.15, 0.2) is 66.5 Å². The highest BCUT2D eigenvalue weighted by atomic mass is 16.7. The first-order valence-electron chi connectivity index (χ1n) is 14.0. The quantitative estimate of drug-likeness (QED) is 0.0421. The number of nitrogens with zero attached hydrogens (tertiary/aromatic N) is 5. The van der Waals surface area contributed by atoms with Gasteiger partial charge >= 0.3 is 0 Å².